The first kappa shape index (κ1) is 39.4. The Morgan fingerprint density at radius 3 is 2.09 bits per heavy atom. The van der Waals surface area contributed by atoms with E-state index in [1.165, 1.54) is 28.5 Å². The molecule has 5 nitrogen and oxygen atoms in total. The van der Waals surface area contributed by atoms with Gasteiger partial charge in [-0.25, -0.2) is 0 Å². The molecule has 0 heterocycles. The van der Waals surface area contributed by atoms with Gasteiger partial charge < -0.3 is 27.0 Å². The number of rotatable bonds is 10. The summed E-state index contributed by atoms with van der Waals surface area (Å²) in [5.41, 5.74) is 20.6. The second-order valence-corrected chi connectivity index (χ2v) is 10.3. The Labute approximate surface area is 268 Å². The van der Waals surface area contributed by atoms with Crippen molar-refractivity contribution in [2.75, 3.05) is 19.4 Å². The summed E-state index contributed by atoms with van der Waals surface area (Å²) < 4.78 is 0. The van der Waals surface area contributed by atoms with E-state index in [1.807, 2.05) is 64.0 Å². The Morgan fingerprint density at radius 1 is 0.955 bits per heavy atom. The van der Waals surface area contributed by atoms with Gasteiger partial charge in [0.05, 0.1) is 5.70 Å². The van der Waals surface area contributed by atoms with Crippen LogP contribution in [0.5, 0.6) is 0 Å². The van der Waals surface area contributed by atoms with E-state index in [-0.39, 0.29) is 0 Å². The SMILES string of the molecule is C=C/C(N)=C(/C)N(C)/C(=C\C(=C)c1ccccc1C)NCc1cccc(NC)c1.C=CN.CC.Cc1cccc(C(C)C)c1. The summed E-state index contributed by atoms with van der Waals surface area (Å²) in [4.78, 5) is 2.03. The van der Waals surface area contributed by atoms with E-state index in [9.17, 15) is 0 Å². The lowest BCUT2D eigenvalue weighted by molar-refractivity contribution is 0.463. The third kappa shape index (κ3) is 14.0. The van der Waals surface area contributed by atoms with E-state index in [2.05, 4.69) is 118 Å². The number of nitrogens with two attached hydrogens (primary N) is 2. The molecule has 3 aromatic rings. The first-order chi connectivity index (χ1) is 21.0. The molecule has 0 aliphatic carbocycles. The molecule has 0 aromatic heterocycles. The van der Waals surface area contributed by atoms with Gasteiger partial charge in [-0.05, 0) is 85.0 Å². The number of nitrogens with one attached hydrogen (secondary N) is 2. The Bertz CT molecular complexity index is 1360. The summed E-state index contributed by atoms with van der Waals surface area (Å²) in [6, 6.07) is 25.2. The van der Waals surface area contributed by atoms with Crippen LogP contribution in [0.4, 0.5) is 5.69 Å². The van der Waals surface area contributed by atoms with Crippen LogP contribution in [0.2, 0.25) is 0 Å². The van der Waals surface area contributed by atoms with Crippen LogP contribution in [-0.4, -0.2) is 19.0 Å². The van der Waals surface area contributed by atoms with E-state index in [0.717, 1.165) is 28.3 Å². The molecular formula is C39H57N5. The van der Waals surface area contributed by atoms with Gasteiger partial charge in [0.1, 0.15) is 5.82 Å². The highest BCUT2D eigenvalue weighted by atomic mass is 15.2. The highest BCUT2D eigenvalue weighted by Gasteiger charge is 2.11. The lowest BCUT2D eigenvalue weighted by Gasteiger charge is -2.26. The van der Waals surface area contributed by atoms with Gasteiger partial charge in [-0.3, -0.25) is 0 Å². The lowest BCUT2D eigenvalue weighted by Crippen LogP contribution is -2.29. The zero-order valence-electron chi connectivity index (χ0n) is 28.7. The molecule has 0 amide bonds. The zero-order valence-corrected chi connectivity index (χ0v) is 28.7. The average Bonchev–Trinajstić information content (AvgIpc) is 3.03. The molecule has 0 saturated carbocycles. The number of aryl methyl sites for hydroxylation is 2. The minimum absolute atomic E-state index is 0.638. The number of benzene rings is 3. The van der Waals surface area contributed by atoms with Crippen LogP contribution in [-0.2, 0) is 6.54 Å². The van der Waals surface area contributed by atoms with Crippen LogP contribution in [0.15, 0.2) is 128 Å². The molecule has 3 aromatic carbocycles. The molecule has 0 aliphatic heterocycles. The first-order valence-corrected chi connectivity index (χ1v) is 15.2. The predicted octanol–water partition coefficient (Wildman–Crippen LogP) is 9.22. The minimum Gasteiger partial charge on any atom is -0.405 e. The highest BCUT2D eigenvalue weighted by Crippen LogP contribution is 2.22. The molecule has 0 bridgehead atoms. The van der Waals surface area contributed by atoms with Gasteiger partial charge in [0.25, 0.3) is 0 Å². The molecule has 0 atom stereocenters. The molecule has 0 fully saturated rings. The summed E-state index contributed by atoms with van der Waals surface area (Å²) in [5, 5.41) is 6.72. The van der Waals surface area contributed by atoms with Crippen molar-refractivity contribution in [2.45, 2.75) is 60.9 Å². The molecular weight excluding hydrogens is 538 g/mol. The molecule has 5 heteroatoms. The van der Waals surface area contributed by atoms with Gasteiger partial charge in [-0.1, -0.05) is 114 Å². The van der Waals surface area contributed by atoms with E-state index in [0.29, 0.717) is 18.2 Å². The van der Waals surface area contributed by atoms with Crippen molar-refractivity contribution in [2.24, 2.45) is 11.5 Å². The normalized spacial score (nSPS) is 10.7. The Hall–Kier alpha value is -4.64. The van der Waals surface area contributed by atoms with Crippen LogP contribution in [0.1, 0.15) is 68.4 Å². The zero-order chi connectivity index (χ0) is 33.7. The quantitative estimate of drug-likeness (QED) is 0.176. The van der Waals surface area contributed by atoms with Crippen LogP contribution in [0, 0.1) is 13.8 Å². The summed E-state index contributed by atoms with van der Waals surface area (Å²) in [6.45, 7) is 26.5. The maximum Gasteiger partial charge on any atom is 0.106 e. The first-order valence-electron chi connectivity index (χ1n) is 15.2. The van der Waals surface area contributed by atoms with E-state index in [4.69, 9.17) is 5.73 Å². The summed E-state index contributed by atoms with van der Waals surface area (Å²) >= 11 is 0. The summed E-state index contributed by atoms with van der Waals surface area (Å²) in [6.07, 6.45) is 4.97. The topological polar surface area (TPSA) is 79.3 Å². The maximum atomic E-state index is 6.10. The van der Waals surface area contributed by atoms with Gasteiger partial charge >= 0.3 is 0 Å². The molecule has 0 unspecified atom stereocenters. The van der Waals surface area contributed by atoms with Gasteiger partial charge in [-0.2, -0.15) is 0 Å². The van der Waals surface area contributed by atoms with Crippen molar-refractivity contribution < 1.29 is 0 Å². The number of anilines is 1. The minimum atomic E-state index is 0.638. The fourth-order valence-corrected chi connectivity index (χ4v) is 4.02. The maximum absolute atomic E-state index is 6.10. The van der Waals surface area contributed by atoms with Crippen molar-refractivity contribution in [1.82, 2.24) is 10.2 Å². The summed E-state index contributed by atoms with van der Waals surface area (Å²) in [7, 11) is 3.91. The van der Waals surface area contributed by atoms with Gasteiger partial charge in [0, 0.05) is 32.0 Å². The Kier molecular flexibility index (Phi) is 19.7. The van der Waals surface area contributed by atoms with Crippen molar-refractivity contribution in [1.29, 1.82) is 0 Å². The molecule has 0 saturated heterocycles. The second-order valence-electron chi connectivity index (χ2n) is 10.3. The Morgan fingerprint density at radius 2 is 1.57 bits per heavy atom. The van der Waals surface area contributed by atoms with Gasteiger partial charge in [0.2, 0.25) is 0 Å². The average molecular weight is 596 g/mol. The molecule has 0 aliphatic rings. The van der Waals surface area contributed by atoms with Crippen molar-refractivity contribution in [3.63, 3.8) is 0 Å². The van der Waals surface area contributed by atoms with Crippen LogP contribution >= 0.6 is 0 Å². The van der Waals surface area contributed by atoms with Crippen molar-refractivity contribution in [3.8, 4) is 0 Å². The number of allylic oxidation sites excluding steroid dienone is 4. The van der Waals surface area contributed by atoms with Crippen molar-refractivity contribution in [3.05, 3.63) is 156 Å². The smallest absolute Gasteiger partial charge is 0.106 e. The van der Waals surface area contributed by atoms with Crippen LogP contribution in [0.3, 0.4) is 0 Å². The fraction of sp³-hybridized carbons (Fsp3) is 0.282. The Balaban J connectivity index is 0.00000102. The lowest BCUT2D eigenvalue weighted by atomic mass is 10.0. The third-order valence-electron chi connectivity index (χ3n) is 6.70. The summed E-state index contributed by atoms with van der Waals surface area (Å²) in [5.74, 6) is 1.57. The molecule has 6 N–H and O–H groups in total. The molecule has 238 valence electrons. The second kappa shape index (κ2) is 22.0. The largest absolute Gasteiger partial charge is 0.405 e. The monoisotopic (exact) mass is 595 g/mol. The van der Waals surface area contributed by atoms with Crippen LogP contribution in [0.25, 0.3) is 5.57 Å². The van der Waals surface area contributed by atoms with Crippen molar-refractivity contribution >= 4 is 11.3 Å². The van der Waals surface area contributed by atoms with E-state index < -0.39 is 0 Å². The van der Waals surface area contributed by atoms with E-state index in [1.54, 1.807) is 6.08 Å². The van der Waals surface area contributed by atoms with Gasteiger partial charge in [0.15, 0.2) is 0 Å². The fourth-order valence-electron chi connectivity index (χ4n) is 4.02. The van der Waals surface area contributed by atoms with Crippen LogP contribution < -0.4 is 22.1 Å². The number of nitrogens with zero attached hydrogens (tertiary/aromatic N) is 1. The molecule has 0 radical (unpaired) electrons. The van der Waals surface area contributed by atoms with E-state index >= 15 is 0 Å². The molecule has 0 spiro atoms. The molecule has 44 heavy (non-hydrogen) atoms. The third-order valence-corrected chi connectivity index (χ3v) is 6.70. The molecule has 3 rings (SSSR count). The number of hydrogen-bond acceptors (Lipinski definition) is 5. The van der Waals surface area contributed by atoms with Gasteiger partial charge in [-0.15, -0.1) is 0 Å². The predicted molar refractivity (Wildman–Crippen MR) is 197 cm³/mol. The standard InChI is InChI=1S/C25H32N4.C10H14.C2H5N.C2H6/c1-7-24(26)20(4)29(6)25(15-19(3)23-14-9-8-11-18(23)2)28-17-21-12-10-13-22(16-21)27-5;1-8(2)10-6-4-5-9(3)7-10;1-2-3;1-2/h7-16,27-28H,1,3,17,26H2,2,4-6H3;4-8H,1-3H3;2H,1,3H2;1-2H3/b24-20+,25-15-;;;. The highest BCUT2D eigenvalue weighted by molar-refractivity contribution is 5.74. The number of hydrogen-bond donors (Lipinski definition) is 4.